The van der Waals surface area contributed by atoms with Crippen LogP contribution < -0.4 is 20.9 Å². The molecule has 30 heavy (non-hydrogen) atoms. The Hall–Kier alpha value is -4.06. The predicted octanol–water partition coefficient (Wildman–Crippen LogP) is 4.97. The van der Waals surface area contributed by atoms with E-state index >= 15 is 0 Å². The van der Waals surface area contributed by atoms with Crippen molar-refractivity contribution in [2.45, 2.75) is 13.3 Å². The second kappa shape index (κ2) is 9.43. The van der Waals surface area contributed by atoms with Crippen molar-refractivity contribution in [2.75, 3.05) is 0 Å². The SMILES string of the molecule is CCC(=C(c1ccc(OC(N)=O)cc1)c1ccc(OC(N)=O)cc1)c1ccccc1. The molecule has 0 aliphatic heterocycles. The van der Waals surface area contributed by atoms with Crippen molar-refractivity contribution in [3.63, 3.8) is 0 Å². The van der Waals surface area contributed by atoms with Crippen LogP contribution in [-0.2, 0) is 0 Å². The van der Waals surface area contributed by atoms with Crippen molar-refractivity contribution < 1.29 is 19.1 Å². The van der Waals surface area contributed by atoms with E-state index in [-0.39, 0.29) is 0 Å². The molecule has 0 radical (unpaired) electrons. The average molecular weight is 402 g/mol. The zero-order chi connectivity index (χ0) is 21.5. The van der Waals surface area contributed by atoms with Crippen molar-refractivity contribution >= 4 is 23.3 Å². The Morgan fingerprint density at radius 3 is 1.47 bits per heavy atom. The Bertz CT molecular complexity index is 995. The van der Waals surface area contributed by atoms with Crippen LogP contribution >= 0.6 is 0 Å². The lowest BCUT2D eigenvalue weighted by molar-refractivity contribution is 0.210. The highest BCUT2D eigenvalue weighted by Crippen LogP contribution is 2.35. The molecule has 0 atom stereocenters. The minimum absolute atomic E-state index is 0.369. The summed E-state index contributed by atoms with van der Waals surface area (Å²) in [6, 6.07) is 24.4. The highest BCUT2D eigenvalue weighted by Gasteiger charge is 2.14. The van der Waals surface area contributed by atoms with Crippen LogP contribution in [0.3, 0.4) is 0 Å². The lowest BCUT2D eigenvalue weighted by atomic mass is 9.88. The molecule has 3 aromatic carbocycles. The summed E-state index contributed by atoms with van der Waals surface area (Å²) in [4.78, 5) is 22.0. The number of amides is 2. The number of hydrogen-bond donors (Lipinski definition) is 2. The molecule has 0 fully saturated rings. The first-order valence-electron chi connectivity index (χ1n) is 9.42. The number of benzene rings is 3. The Balaban J connectivity index is 2.12. The zero-order valence-electron chi connectivity index (χ0n) is 16.5. The van der Waals surface area contributed by atoms with Gasteiger partial charge in [-0.05, 0) is 58.5 Å². The number of rotatable bonds is 6. The molecule has 0 spiro atoms. The van der Waals surface area contributed by atoms with Gasteiger partial charge in [0.15, 0.2) is 0 Å². The Labute approximate surface area is 174 Å². The van der Waals surface area contributed by atoms with Crippen LogP contribution in [0.5, 0.6) is 11.5 Å². The molecule has 2 amide bonds. The molecule has 6 nitrogen and oxygen atoms in total. The summed E-state index contributed by atoms with van der Waals surface area (Å²) in [6.07, 6.45) is -0.928. The average Bonchev–Trinajstić information content (AvgIpc) is 2.73. The summed E-state index contributed by atoms with van der Waals surface area (Å²) in [5.41, 5.74) is 15.3. The maximum atomic E-state index is 11.0. The predicted molar refractivity (Wildman–Crippen MR) is 116 cm³/mol. The zero-order valence-corrected chi connectivity index (χ0v) is 16.5. The van der Waals surface area contributed by atoms with Gasteiger partial charge in [0, 0.05) is 0 Å². The second-order valence-electron chi connectivity index (χ2n) is 6.46. The van der Waals surface area contributed by atoms with Gasteiger partial charge in [0.1, 0.15) is 11.5 Å². The number of ether oxygens (including phenoxy) is 2. The van der Waals surface area contributed by atoms with E-state index in [0.717, 1.165) is 34.3 Å². The van der Waals surface area contributed by atoms with Crippen molar-refractivity contribution in [1.82, 2.24) is 0 Å². The molecular weight excluding hydrogens is 380 g/mol. The smallest absolute Gasteiger partial charge is 0.409 e. The van der Waals surface area contributed by atoms with Gasteiger partial charge in [-0.1, -0.05) is 61.5 Å². The molecule has 0 heterocycles. The molecular formula is C24H22N2O4. The van der Waals surface area contributed by atoms with Gasteiger partial charge in [0.05, 0.1) is 0 Å². The third kappa shape index (κ3) is 5.05. The molecule has 0 bridgehead atoms. The summed E-state index contributed by atoms with van der Waals surface area (Å²) in [7, 11) is 0. The van der Waals surface area contributed by atoms with Crippen LogP contribution in [0.1, 0.15) is 30.0 Å². The molecule has 0 aliphatic carbocycles. The van der Waals surface area contributed by atoms with Gasteiger partial charge in [-0.2, -0.15) is 0 Å². The van der Waals surface area contributed by atoms with Gasteiger partial charge in [-0.15, -0.1) is 0 Å². The number of carbonyl (C=O) groups is 2. The lowest BCUT2D eigenvalue weighted by Crippen LogP contribution is -2.16. The Morgan fingerprint density at radius 2 is 1.10 bits per heavy atom. The van der Waals surface area contributed by atoms with E-state index < -0.39 is 12.2 Å². The maximum Gasteiger partial charge on any atom is 0.409 e. The number of allylic oxidation sites excluding steroid dienone is 1. The highest BCUT2D eigenvalue weighted by molar-refractivity contribution is 5.98. The number of primary amides is 2. The van der Waals surface area contributed by atoms with E-state index in [9.17, 15) is 9.59 Å². The molecule has 0 aliphatic rings. The Morgan fingerprint density at radius 1 is 0.667 bits per heavy atom. The van der Waals surface area contributed by atoms with E-state index in [0.29, 0.717) is 11.5 Å². The Kier molecular flexibility index (Phi) is 6.49. The fourth-order valence-electron chi connectivity index (χ4n) is 3.29. The summed E-state index contributed by atoms with van der Waals surface area (Å²) in [5, 5.41) is 0. The van der Waals surface area contributed by atoms with E-state index in [2.05, 4.69) is 19.1 Å². The van der Waals surface area contributed by atoms with Gasteiger partial charge in [-0.25, -0.2) is 9.59 Å². The van der Waals surface area contributed by atoms with Crippen LogP contribution in [0.4, 0.5) is 9.59 Å². The van der Waals surface area contributed by atoms with Gasteiger partial charge < -0.3 is 20.9 Å². The van der Waals surface area contributed by atoms with Gasteiger partial charge in [0.25, 0.3) is 0 Å². The first kappa shape index (κ1) is 20.7. The second-order valence-corrected chi connectivity index (χ2v) is 6.46. The highest BCUT2D eigenvalue weighted by atomic mass is 16.6. The largest absolute Gasteiger partial charge is 0.411 e. The standard InChI is InChI=1S/C24H22N2O4/c1-2-21(16-6-4-3-5-7-16)22(17-8-12-19(13-9-17)29-23(25)27)18-10-14-20(15-11-18)30-24(26)28/h3-15H,2H2,1H3,(H2,25,27)(H2,26,28). The normalized spacial score (nSPS) is 10.2. The molecule has 0 saturated heterocycles. The molecule has 0 aromatic heterocycles. The third-order valence-electron chi connectivity index (χ3n) is 4.50. The van der Waals surface area contributed by atoms with Crippen molar-refractivity contribution in [1.29, 1.82) is 0 Å². The topological polar surface area (TPSA) is 105 Å². The van der Waals surface area contributed by atoms with Crippen LogP contribution in [0.15, 0.2) is 78.9 Å². The van der Waals surface area contributed by atoms with Crippen LogP contribution in [0, 0.1) is 0 Å². The molecule has 6 heteroatoms. The number of hydrogen-bond acceptors (Lipinski definition) is 4. The van der Waals surface area contributed by atoms with E-state index in [1.54, 1.807) is 24.3 Å². The van der Waals surface area contributed by atoms with Crippen molar-refractivity contribution in [2.24, 2.45) is 11.5 Å². The summed E-state index contributed by atoms with van der Waals surface area (Å²) in [5.74, 6) is 0.738. The first-order chi connectivity index (χ1) is 14.5. The summed E-state index contributed by atoms with van der Waals surface area (Å²) < 4.78 is 9.88. The molecule has 152 valence electrons. The molecule has 4 N–H and O–H groups in total. The van der Waals surface area contributed by atoms with Crippen molar-refractivity contribution in [3.8, 4) is 11.5 Å². The van der Waals surface area contributed by atoms with Crippen molar-refractivity contribution in [3.05, 3.63) is 95.6 Å². The van der Waals surface area contributed by atoms with Crippen LogP contribution in [0.2, 0.25) is 0 Å². The molecule has 3 rings (SSSR count). The quantitative estimate of drug-likeness (QED) is 0.568. The van der Waals surface area contributed by atoms with E-state index in [4.69, 9.17) is 20.9 Å². The summed E-state index contributed by atoms with van der Waals surface area (Å²) >= 11 is 0. The summed E-state index contributed by atoms with van der Waals surface area (Å²) in [6.45, 7) is 2.09. The molecule has 0 unspecified atom stereocenters. The number of carbonyl (C=O) groups excluding carboxylic acids is 2. The van der Waals surface area contributed by atoms with Crippen LogP contribution in [-0.4, -0.2) is 12.2 Å². The van der Waals surface area contributed by atoms with Gasteiger partial charge in [0.2, 0.25) is 0 Å². The molecule has 3 aromatic rings. The minimum atomic E-state index is -0.859. The van der Waals surface area contributed by atoms with Crippen LogP contribution in [0.25, 0.3) is 11.1 Å². The lowest BCUT2D eigenvalue weighted by Gasteiger charge is -2.17. The molecule has 0 saturated carbocycles. The minimum Gasteiger partial charge on any atom is -0.411 e. The fourth-order valence-corrected chi connectivity index (χ4v) is 3.29. The first-order valence-corrected chi connectivity index (χ1v) is 9.42. The van der Waals surface area contributed by atoms with E-state index in [1.807, 2.05) is 42.5 Å². The number of nitrogens with two attached hydrogens (primary N) is 2. The fraction of sp³-hybridized carbons (Fsp3) is 0.0833. The van der Waals surface area contributed by atoms with Gasteiger partial charge in [-0.3, -0.25) is 0 Å². The van der Waals surface area contributed by atoms with E-state index in [1.165, 1.54) is 0 Å². The maximum absolute atomic E-state index is 11.0. The third-order valence-corrected chi connectivity index (χ3v) is 4.50. The monoisotopic (exact) mass is 402 g/mol. The van der Waals surface area contributed by atoms with Gasteiger partial charge >= 0.3 is 12.2 Å².